The quantitative estimate of drug-likeness (QED) is 0.654. The molecule has 0 saturated carbocycles. The van der Waals surface area contributed by atoms with Crippen LogP contribution in [0.4, 0.5) is 8.78 Å². The summed E-state index contributed by atoms with van der Waals surface area (Å²) in [6, 6.07) is 0. The minimum absolute atomic E-state index is 0.896. The molecular formula is C9H10ClF2NO6S2. The third-order valence-corrected chi connectivity index (χ3v) is 6.05. The molecule has 0 bridgehead atoms. The zero-order chi connectivity index (χ0) is 16.4. The lowest BCUT2D eigenvalue weighted by Crippen LogP contribution is -2.20. The Balaban J connectivity index is 3.73. The van der Waals surface area contributed by atoms with Crippen molar-refractivity contribution in [2.45, 2.75) is 9.92 Å². The molecule has 12 heteroatoms. The summed E-state index contributed by atoms with van der Waals surface area (Å²) >= 11 is 5.34. The SMILES string of the molecule is O=S(=O)(CCO)c1nc(F)c(Cl)c(S(=O)(=O)CCO)c1F. The van der Waals surface area contributed by atoms with Gasteiger partial charge in [-0.3, -0.25) is 0 Å². The molecular weight excluding hydrogens is 356 g/mol. The van der Waals surface area contributed by atoms with Gasteiger partial charge in [-0.25, -0.2) is 26.2 Å². The van der Waals surface area contributed by atoms with Gasteiger partial charge in [-0.1, -0.05) is 11.6 Å². The molecule has 0 unspecified atom stereocenters. The standard InChI is InChI=1S/C9H10ClF2NO6S2/c10-5-7(20(16,17)3-1-14)6(11)9(13-8(5)12)21(18,19)4-2-15/h14-15H,1-4H2. The first-order chi connectivity index (χ1) is 9.58. The van der Waals surface area contributed by atoms with Crippen LogP contribution in [0.2, 0.25) is 5.02 Å². The fraction of sp³-hybridized carbons (Fsp3) is 0.444. The monoisotopic (exact) mass is 365 g/mol. The maximum absolute atomic E-state index is 14.1. The Kier molecular flexibility index (Phi) is 5.61. The van der Waals surface area contributed by atoms with Crippen molar-refractivity contribution in [3.05, 3.63) is 16.8 Å². The van der Waals surface area contributed by atoms with Gasteiger partial charge in [-0.15, -0.1) is 0 Å². The second kappa shape index (κ2) is 6.48. The van der Waals surface area contributed by atoms with Gasteiger partial charge in [0, 0.05) is 0 Å². The topological polar surface area (TPSA) is 122 Å². The van der Waals surface area contributed by atoms with Crippen molar-refractivity contribution in [1.29, 1.82) is 0 Å². The van der Waals surface area contributed by atoms with Gasteiger partial charge in [0.15, 0.2) is 20.7 Å². The summed E-state index contributed by atoms with van der Waals surface area (Å²) in [6.07, 6.45) is 0. The van der Waals surface area contributed by atoms with Crippen molar-refractivity contribution in [3.63, 3.8) is 0 Å². The molecule has 0 radical (unpaired) electrons. The zero-order valence-corrected chi connectivity index (χ0v) is 12.6. The van der Waals surface area contributed by atoms with Gasteiger partial charge in [-0.05, 0) is 0 Å². The number of halogens is 3. The Labute approximate surface area is 124 Å². The van der Waals surface area contributed by atoms with Crippen molar-refractivity contribution in [3.8, 4) is 0 Å². The lowest BCUT2D eigenvalue weighted by Gasteiger charge is -2.10. The number of aliphatic hydroxyl groups excluding tert-OH is 2. The second-order valence-corrected chi connectivity index (χ2v) is 8.20. The van der Waals surface area contributed by atoms with E-state index in [1.165, 1.54) is 0 Å². The summed E-state index contributed by atoms with van der Waals surface area (Å²) in [5.74, 6) is -5.49. The summed E-state index contributed by atoms with van der Waals surface area (Å²) in [4.78, 5) is 1.41. The fourth-order valence-electron chi connectivity index (χ4n) is 1.39. The van der Waals surface area contributed by atoms with Crippen LogP contribution in [0.15, 0.2) is 9.92 Å². The van der Waals surface area contributed by atoms with Crippen LogP contribution in [0.3, 0.4) is 0 Å². The van der Waals surface area contributed by atoms with E-state index >= 15 is 0 Å². The molecule has 1 rings (SSSR count). The molecule has 0 fully saturated rings. The van der Waals surface area contributed by atoms with E-state index in [0.29, 0.717) is 0 Å². The van der Waals surface area contributed by atoms with Gasteiger partial charge in [0.1, 0.15) is 9.92 Å². The molecule has 0 amide bonds. The van der Waals surface area contributed by atoms with Gasteiger partial charge in [0.2, 0.25) is 15.8 Å². The molecule has 0 aromatic carbocycles. The zero-order valence-electron chi connectivity index (χ0n) is 10.3. The molecule has 0 spiro atoms. The van der Waals surface area contributed by atoms with Crippen molar-refractivity contribution < 1.29 is 35.8 Å². The first kappa shape index (κ1) is 18.2. The van der Waals surface area contributed by atoms with Crippen LogP contribution in [0.1, 0.15) is 0 Å². The molecule has 120 valence electrons. The van der Waals surface area contributed by atoms with Crippen molar-refractivity contribution in [1.82, 2.24) is 4.98 Å². The normalized spacial score (nSPS) is 12.6. The molecule has 2 N–H and O–H groups in total. The van der Waals surface area contributed by atoms with Gasteiger partial charge >= 0.3 is 0 Å². The second-order valence-electron chi connectivity index (χ2n) is 3.75. The van der Waals surface area contributed by atoms with Crippen LogP contribution >= 0.6 is 11.6 Å². The van der Waals surface area contributed by atoms with Crippen LogP contribution in [0.5, 0.6) is 0 Å². The molecule has 7 nitrogen and oxygen atoms in total. The molecule has 1 heterocycles. The summed E-state index contributed by atoms with van der Waals surface area (Å²) in [7, 11) is -9.10. The van der Waals surface area contributed by atoms with Gasteiger partial charge in [0.05, 0.1) is 24.7 Å². The Hall–Kier alpha value is -0.880. The number of sulfone groups is 2. The van der Waals surface area contributed by atoms with E-state index in [-0.39, 0.29) is 0 Å². The van der Waals surface area contributed by atoms with E-state index in [1.54, 1.807) is 0 Å². The van der Waals surface area contributed by atoms with Crippen molar-refractivity contribution >= 4 is 31.3 Å². The number of aromatic nitrogens is 1. The molecule has 1 aromatic heterocycles. The van der Waals surface area contributed by atoms with Crippen LogP contribution < -0.4 is 0 Å². The largest absolute Gasteiger partial charge is 0.395 e. The van der Waals surface area contributed by atoms with E-state index in [0.717, 1.165) is 0 Å². The third-order valence-electron chi connectivity index (χ3n) is 2.29. The third kappa shape index (κ3) is 3.66. The fourth-order valence-corrected chi connectivity index (χ4v) is 4.13. The molecule has 21 heavy (non-hydrogen) atoms. The van der Waals surface area contributed by atoms with Crippen molar-refractivity contribution in [2.24, 2.45) is 0 Å². The van der Waals surface area contributed by atoms with Crippen LogP contribution in [-0.2, 0) is 19.7 Å². The number of pyridine rings is 1. The van der Waals surface area contributed by atoms with Crippen molar-refractivity contribution in [2.75, 3.05) is 24.7 Å². The molecule has 0 atom stereocenters. The molecule has 0 aliphatic heterocycles. The lowest BCUT2D eigenvalue weighted by molar-refractivity contribution is 0.319. The predicted octanol–water partition coefficient (Wildman–Crippen LogP) is -0.455. The highest BCUT2D eigenvalue weighted by Crippen LogP contribution is 2.30. The summed E-state index contributed by atoms with van der Waals surface area (Å²) in [5, 5.41) is 14.5. The Morgan fingerprint density at radius 1 is 1.00 bits per heavy atom. The minimum atomic E-state index is -4.56. The van der Waals surface area contributed by atoms with Crippen LogP contribution in [0.25, 0.3) is 0 Å². The molecule has 0 saturated heterocycles. The van der Waals surface area contributed by atoms with E-state index < -0.39 is 71.1 Å². The van der Waals surface area contributed by atoms with E-state index in [2.05, 4.69) is 4.98 Å². The smallest absolute Gasteiger partial charge is 0.234 e. The molecule has 1 aromatic rings. The number of aliphatic hydroxyl groups is 2. The van der Waals surface area contributed by atoms with Gasteiger partial charge in [-0.2, -0.15) is 4.39 Å². The lowest BCUT2D eigenvalue weighted by atomic mass is 10.4. The first-order valence-corrected chi connectivity index (χ1v) is 8.98. The number of hydrogen-bond acceptors (Lipinski definition) is 7. The highest BCUT2D eigenvalue weighted by atomic mass is 35.5. The summed E-state index contributed by atoms with van der Waals surface area (Å²) < 4.78 is 74.4. The highest BCUT2D eigenvalue weighted by Gasteiger charge is 2.33. The molecule has 0 aliphatic carbocycles. The summed E-state index contributed by atoms with van der Waals surface area (Å²) in [6.45, 7) is -1.80. The maximum Gasteiger partial charge on any atom is 0.234 e. The van der Waals surface area contributed by atoms with E-state index in [4.69, 9.17) is 21.8 Å². The maximum atomic E-state index is 14.1. The first-order valence-electron chi connectivity index (χ1n) is 5.30. The van der Waals surface area contributed by atoms with Gasteiger partial charge < -0.3 is 10.2 Å². The number of rotatable bonds is 6. The predicted molar refractivity (Wildman–Crippen MR) is 67.4 cm³/mol. The van der Waals surface area contributed by atoms with Crippen LogP contribution in [0, 0.1) is 11.8 Å². The Bertz CT molecular complexity index is 750. The summed E-state index contributed by atoms with van der Waals surface area (Å²) in [5.41, 5.74) is 0. The van der Waals surface area contributed by atoms with E-state index in [1.807, 2.05) is 0 Å². The van der Waals surface area contributed by atoms with Gasteiger partial charge in [0.25, 0.3) is 0 Å². The minimum Gasteiger partial charge on any atom is -0.395 e. The number of hydrogen-bond donors (Lipinski definition) is 2. The molecule has 0 aliphatic rings. The Morgan fingerprint density at radius 2 is 1.48 bits per heavy atom. The number of nitrogens with zero attached hydrogens (tertiary/aromatic N) is 1. The van der Waals surface area contributed by atoms with E-state index in [9.17, 15) is 25.6 Å². The average Bonchev–Trinajstić information content (AvgIpc) is 2.33. The van der Waals surface area contributed by atoms with Crippen LogP contribution in [-0.4, -0.2) is 56.8 Å². The highest BCUT2D eigenvalue weighted by molar-refractivity contribution is 7.92. The average molecular weight is 366 g/mol. The Morgan fingerprint density at radius 3 is 1.95 bits per heavy atom.